The summed E-state index contributed by atoms with van der Waals surface area (Å²) >= 11 is 1.29. The maximum Gasteiger partial charge on any atom is 0.313 e. The number of ketones is 1. The first kappa shape index (κ1) is 20.3. The highest BCUT2D eigenvalue weighted by Crippen LogP contribution is 2.20. The molecule has 6 nitrogen and oxygen atoms in total. The van der Waals surface area contributed by atoms with Crippen LogP contribution in [0.2, 0.25) is 0 Å². The van der Waals surface area contributed by atoms with Crippen molar-refractivity contribution < 1.29 is 19.1 Å². The van der Waals surface area contributed by atoms with Crippen molar-refractivity contribution >= 4 is 34.6 Å². The Labute approximate surface area is 172 Å². The van der Waals surface area contributed by atoms with E-state index in [9.17, 15) is 14.4 Å². The Morgan fingerprint density at radius 2 is 1.62 bits per heavy atom. The van der Waals surface area contributed by atoms with Gasteiger partial charge in [-0.2, -0.15) is 0 Å². The van der Waals surface area contributed by atoms with Crippen LogP contribution in [0.1, 0.15) is 27.0 Å². The van der Waals surface area contributed by atoms with Gasteiger partial charge in [-0.1, -0.05) is 30.3 Å². The minimum Gasteiger partial charge on any atom is -0.494 e. The third kappa shape index (κ3) is 5.52. The first-order valence-corrected chi connectivity index (χ1v) is 9.89. The van der Waals surface area contributed by atoms with E-state index in [0.717, 1.165) is 4.88 Å². The van der Waals surface area contributed by atoms with Crippen LogP contribution in [0.3, 0.4) is 0 Å². The molecular weight excluding hydrogens is 388 g/mol. The van der Waals surface area contributed by atoms with E-state index < -0.39 is 11.8 Å². The van der Waals surface area contributed by atoms with E-state index in [0.29, 0.717) is 28.5 Å². The molecule has 0 spiro atoms. The van der Waals surface area contributed by atoms with Crippen LogP contribution in [0.15, 0.2) is 66.7 Å². The fraction of sp³-hybridized carbons (Fsp3) is 0.136. The molecule has 0 atom stereocenters. The van der Waals surface area contributed by atoms with E-state index in [1.807, 2.05) is 25.1 Å². The third-order valence-corrected chi connectivity index (χ3v) is 5.06. The molecule has 1 aromatic heterocycles. The fourth-order valence-electron chi connectivity index (χ4n) is 2.56. The van der Waals surface area contributed by atoms with E-state index in [2.05, 4.69) is 10.6 Å². The van der Waals surface area contributed by atoms with Crippen LogP contribution in [0.4, 0.5) is 5.69 Å². The maximum absolute atomic E-state index is 12.4. The highest BCUT2D eigenvalue weighted by atomic mass is 32.1. The van der Waals surface area contributed by atoms with Gasteiger partial charge in [-0.15, -0.1) is 11.3 Å². The number of anilines is 1. The number of ether oxygens (including phenoxy) is 1. The maximum atomic E-state index is 12.4. The fourth-order valence-corrected chi connectivity index (χ4v) is 3.47. The Hall–Kier alpha value is -3.45. The van der Waals surface area contributed by atoms with Gasteiger partial charge in [0.1, 0.15) is 5.75 Å². The first-order chi connectivity index (χ1) is 14.1. The van der Waals surface area contributed by atoms with Gasteiger partial charge in [0, 0.05) is 16.1 Å². The van der Waals surface area contributed by atoms with E-state index in [-0.39, 0.29) is 12.3 Å². The number of nitrogens with one attached hydrogen (secondary N) is 2. The van der Waals surface area contributed by atoms with Gasteiger partial charge >= 0.3 is 11.8 Å². The molecule has 0 unspecified atom stereocenters. The molecule has 3 rings (SSSR count). The van der Waals surface area contributed by atoms with Gasteiger partial charge in [0.2, 0.25) is 5.78 Å². The van der Waals surface area contributed by atoms with Gasteiger partial charge in [-0.3, -0.25) is 14.4 Å². The number of carbonyl (C=O) groups is 3. The number of hydrogen-bond acceptors (Lipinski definition) is 5. The highest BCUT2D eigenvalue weighted by molar-refractivity contribution is 7.14. The molecule has 0 aliphatic heterocycles. The molecule has 0 bridgehead atoms. The predicted octanol–water partition coefficient (Wildman–Crippen LogP) is 3.63. The van der Waals surface area contributed by atoms with Crippen molar-refractivity contribution in [3.8, 4) is 5.75 Å². The Bertz CT molecular complexity index is 997. The monoisotopic (exact) mass is 408 g/mol. The molecule has 0 aliphatic rings. The van der Waals surface area contributed by atoms with Crippen molar-refractivity contribution in [3.05, 3.63) is 82.0 Å². The molecule has 2 amide bonds. The van der Waals surface area contributed by atoms with Crippen molar-refractivity contribution in [2.75, 3.05) is 11.9 Å². The normalized spacial score (nSPS) is 10.2. The SMILES string of the molecule is CCOc1ccc(NC(=O)C(=O)NCc2ccc(C(=O)c3ccccc3)s2)cc1. The van der Waals surface area contributed by atoms with Crippen molar-refractivity contribution in [1.82, 2.24) is 5.32 Å². The van der Waals surface area contributed by atoms with Crippen LogP contribution < -0.4 is 15.4 Å². The lowest BCUT2D eigenvalue weighted by Gasteiger charge is -2.07. The van der Waals surface area contributed by atoms with Crippen molar-refractivity contribution in [1.29, 1.82) is 0 Å². The van der Waals surface area contributed by atoms with Crippen molar-refractivity contribution in [2.45, 2.75) is 13.5 Å². The Kier molecular flexibility index (Phi) is 6.76. The molecule has 148 valence electrons. The number of carbonyl (C=O) groups excluding carboxylic acids is 3. The van der Waals surface area contributed by atoms with Gasteiger partial charge in [0.15, 0.2) is 0 Å². The van der Waals surface area contributed by atoms with Gasteiger partial charge in [-0.05, 0) is 43.3 Å². The zero-order valence-electron chi connectivity index (χ0n) is 15.8. The Morgan fingerprint density at radius 1 is 0.897 bits per heavy atom. The van der Waals surface area contributed by atoms with E-state index in [1.165, 1.54) is 11.3 Å². The Morgan fingerprint density at radius 3 is 2.31 bits per heavy atom. The molecule has 0 aliphatic carbocycles. The second-order valence-corrected chi connectivity index (χ2v) is 7.22. The quantitative estimate of drug-likeness (QED) is 0.462. The lowest BCUT2D eigenvalue weighted by molar-refractivity contribution is -0.136. The summed E-state index contributed by atoms with van der Waals surface area (Å²) in [4.78, 5) is 37.9. The second kappa shape index (κ2) is 9.66. The first-order valence-electron chi connectivity index (χ1n) is 9.07. The topological polar surface area (TPSA) is 84.5 Å². The van der Waals surface area contributed by atoms with Gasteiger partial charge in [0.25, 0.3) is 0 Å². The van der Waals surface area contributed by atoms with Crippen molar-refractivity contribution in [2.24, 2.45) is 0 Å². The van der Waals surface area contributed by atoms with Crippen LogP contribution in [0.25, 0.3) is 0 Å². The molecule has 0 radical (unpaired) electrons. The zero-order valence-corrected chi connectivity index (χ0v) is 16.6. The summed E-state index contributed by atoms with van der Waals surface area (Å²) in [6.07, 6.45) is 0. The number of hydrogen-bond donors (Lipinski definition) is 2. The average Bonchev–Trinajstić information content (AvgIpc) is 3.22. The predicted molar refractivity (Wildman–Crippen MR) is 112 cm³/mol. The molecule has 1 heterocycles. The summed E-state index contributed by atoms with van der Waals surface area (Å²) in [6, 6.07) is 19.2. The third-order valence-electron chi connectivity index (χ3n) is 3.97. The van der Waals surface area contributed by atoms with Gasteiger partial charge in [-0.25, -0.2) is 0 Å². The summed E-state index contributed by atoms with van der Waals surface area (Å²) in [7, 11) is 0. The van der Waals surface area contributed by atoms with E-state index >= 15 is 0 Å². The minimum atomic E-state index is -0.758. The molecule has 0 fully saturated rings. The molecule has 0 saturated heterocycles. The van der Waals surface area contributed by atoms with Gasteiger partial charge in [0.05, 0.1) is 18.0 Å². The Balaban J connectivity index is 1.52. The minimum absolute atomic E-state index is 0.0681. The molecule has 2 aromatic carbocycles. The van der Waals surface area contributed by atoms with Crippen LogP contribution in [-0.2, 0) is 16.1 Å². The summed E-state index contributed by atoms with van der Waals surface area (Å²) in [5.74, 6) is -0.885. The summed E-state index contributed by atoms with van der Waals surface area (Å²) < 4.78 is 5.33. The lowest BCUT2D eigenvalue weighted by atomic mass is 10.1. The summed E-state index contributed by atoms with van der Waals surface area (Å²) in [6.45, 7) is 2.60. The highest BCUT2D eigenvalue weighted by Gasteiger charge is 2.15. The number of thiophene rings is 1. The smallest absolute Gasteiger partial charge is 0.313 e. The van der Waals surface area contributed by atoms with E-state index in [4.69, 9.17) is 4.74 Å². The average molecular weight is 408 g/mol. The molecule has 7 heteroatoms. The number of amides is 2. The largest absolute Gasteiger partial charge is 0.494 e. The summed E-state index contributed by atoms with van der Waals surface area (Å²) in [5.41, 5.74) is 1.11. The standard InChI is InChI=1S/C22H20N2O4S/c1-2-28-17-10-8-16(9-11-17)24-22(27)21(26)23-14-18-12-13-19(29-18)20(25)15-6-4-3-5-7-15/h3-13H,2,14H2,1H3,(H,23,26)(H,24,27). The van der Waals surface area contributed by atoms with Crippen LogP contribution >= 0.6 is 11.3 Å². The van der Waals surface area contributed by atoms with Crippen LogP contribution in [0, 0.1) is 0 Å². The zero-order chi connectivity index (χ0) is 20.6. The van der Waals surface area contributed by atoms with Gasteiger partial charge < -0.3 is 15.4 Å². The molecule has 3 aromatic rings. The molecular formula is C22H20N2O4S. The summed E-state index contributed by atoms with van der Waals surface area (Å²) in [5, 5.41) is 5.10. The molecule has 29 heavy (non-hydrogen) atoms. The van der Waals surface area contributed by atoms with E-state index in [1.54, 1.807) is 48.5 Å². The molecule has 0 saturated carbocycles. The lowest BCUT2D eigenvalue weighted by Crippen LogP contribution is -2.34. The molecule has 2 N–H and O–H groups in total. The van der Waals surface area contributed by atoms with Crippen molar-refractivity contribution in [3.63, 3.8) is 0 Å². The van der Waals surface area contributed by atoms with Crippen LogP contribution in [0.5, 0.6) is 5.75 Å². The number of rotatable bonds is 7. The number of benzene rings is 2. The van der Waals surface area contributed by atoms with Crippen LogP contribution in [-0.4, -0.2) is 24.2 Å². The second-order valence-electron chi connectivity index (χ2n) is 6.06.